The minimum atomic E-state index is -5.36. The Morgan fingerprint density at radius 1 is 1.14 bits per heavy atom. The van der Waals surface area contributed by atoms with E-state index in [2.05, 4.69) is 0 Å². The summed E-state index contributed by atoms with van der Waals surface area (Å²) in [6.07, 6.45) is 0. The zero-order valence-corrected chi connectivity index (χ0v) is 5.73. The van der Waals surface area contributed by atoms with Crippen LogP contribution in [0, 0.1) is 0 Å². The third-order valence-corrected chi connectivity index (χ3v) is 0. The van der Waals surface area contributed by atoms with Gasteiger partial charge in [0.1, 0.15) is 0 Å². The van der Waals surface area contributed by atoms with E-state index in [0.29, 0.717) is 0 Å². The molecule has 37 valence electrons. The van der Waals surface area contributed by atoms with E-state index < -0.39 is 9.05 Å². The van der Waals surface area contributed by atoms with E-state index in [0.717, 1.165) is 0 Å². The molecule has 1 N–H and O–H groups in total. The second-order valence-corrected chi connectivity index (χ2v) is 1.57. The van der Waals surface area contributed by atoms with Gasteiger partial charge in [-0.15, -0.1) is 9.05 Å². The Balaban J connectivity index is -0.0000000800. The summed E-state index contributed by atoms with van der Waals surface area (Å²) in [6.45, 7) is 0. The van der Waals surface area contributed by atoms with Crippen LogP contribution in [0.3, 0.4) is 0 Å². The zero-order chi connectivity index (χ0) is 4.50. The van der Waals surface area contributed by atoms with Gasteiger partial charge in [0, 0.05) is 0 Å². The molecule has 0 bridgehead atoms. The normalized spacial score (nSPS) is 8.57. The van der Waals surface area contributed by atoms with Crippen molar-refractivity contribution < 1.29 is 55.1 Å². The Kier molecular flexibility index (Phi) is 11.9. The molecule has 0 spiro atoms. The van der Waals surface area contributed by atoms with Crippen LogP contribution in [0.4, 0.5) is 0 Å². The Morgan fingerprint density at radius 2 is 1.14 bits per heavy atom. The Labute approximate surface area is 64.3 Å². The summed E-state index contributed by atoms with van der Waals surface area (Å²) in [5.74, 6) is 0. The van der Waals surface area contributed by atoms with Gasteiger partial charge in [0.05, 0.1) is 0 Å². The second-order valence-electron chi connectivity index (χ2n) is 0.524. The molecule has 1 radical (unpaired) electrons. The van der Waals surface area contributed by atoms with E-state index in [4.69, 9.17) is 19.2 Å². The van der Waals surface area contributed by atoms with E-state index in [9.17, 15) is 0 Å². The third kappa shape index (κ3) is 139. The van der Waals surface area contributed by atoms with Gasteiger partial charge in [0.15, 0.2) is 0 Å². The molecule has 0 amide bonds. The summed E-state index contributed by atoms with van der Waals surface area (Å²) < 4.78 is 0. The number of hydrogen-bond acceptors (Lipinski definition) is 4. The summed E-state index contributed by atoms with van der Waals surface area (Å²) >= 11 is 0. The van der Waals surface area contributed by atoms with Crippen LogP contribution in [0.25, 0.3) is 0 Å². The maximum absolute atomic E-state index is 8.69. The summed E-state index contributed by atoms with van der Waals surface area (Å²) in [5.41, 5.74) is 0. The first-order chi connectivity index (χ1) is 2.00. The minimum Gasteiger partial charge on any atom is -0.861 e. The number of hydrogen-bond donors (Lipinski definition) is 1. The number of rotatable bonds is 0. The Morgan fingerprint density at radius 3 is 1.14 bits per heavy atom. The second kappa shape index (κ2) is 5.31. The molecule has 0 saturated carbocycles. The maximum Gasteiger partial charge on any atom is 2.00 e. The first-order valence-corrected chi connectivity index (χ1v) is 2.51. The first kappa shape index (κ1) is 15.7. The smallest absolute Gasteiger partial charge is 0.861 e. The molecule has 7 heavy (non-hydrogen) atoms. The van der Waals surface area contributed by atoms with Crippen LogP contribution in [0.15, 0.2) is 0 Å². The van der Waals surface area contributed by atoms with Gasteiger partial charge in [-0.3, -0.25) is 0 Å². The topological polar surface area (TPSA) is 89.4 Å². The van der Waals surface area contributed by atoms with Crippen LogP contribution >= 0.6 is 0 Å². The van der Waals surface area contributed by atoms with Crippen molar-refractivity contribution in [3.8, 4) is 0 Å². The molecule has 0 aliphatic heterocycles. The Bertz CT molecular complexity index is 27.2. The fraction of sp³-hybridized carbons (Fsp3) is 0. The van der Waals surface area contributed by atoms with Crippen molar-refractivity contribution in [2.45, 2.75) is 0 Å². The molecule has 0 aromatic carbocycles. The van der Waals surface area contributed by atoms with E-state index in [1.165, 1.54) is 0 Å². The fourth-order valence-corrected chi connectivity index (χ4v) is 0. The van der Waals surface area contributed by atoms with Gasteiger partial charge in [-0.2, -0.15) is 0 Å². The summed E-state index contributed by atoms with van der Waals surface area (Å²) in [4.78, 5) is 33.1. The molecule has 0 aromatic rings. The minimum absolute atomic E-state index is 0. The molecule has 0 saturated heterocycles. The van der Waals surface area contributed by atoms with Gasteiger partial charge in [0.2, 0.25) is 0 Å². The van der Waals surface area contributed by atoms with Crippen LogP contribution in [0.1, 0.15) is 0 Å². The van der Waals surface area contributed by atoms with Crippen molar-refractivity contribution in [1.29, 1.82) is 0 Å². The van der Waals surface area contributed by atoms with Gasteiger partial charge >= 0.3 is 35.9 Å². The van der Waals surface area contributed by atoms with Gasteiger partial charge in [-0.1, -0.05) is 0 Å². The molecule has 0 atom stereocenters. The first-order valence-electron chi connectivity index (χ1n) is 0.836. The van der Waals surface area contributed by atoms with E-state index >= 15 is 0 Å². The molecule has 0 aliphatic carbocycles. The summed E-state index contributed by atoms with van der Waals surface area (Å²) in [7, 11) is -5.36. The van der Waals surface area contributed by atoms with Crippen LogP contribution in [-0.4, -0.2) is 13.8 Å². The van der Waals surface area contributed by atoms with Crippen molar-refractivity contribution in [2.75, 3.05) is 0 Å². The monoisotopic (exact) mass is 155 g/mol. The van der Waals surface area contributed by atoms with Crippen molar-refractivity contribution >= 4 is 9.05 Å². The molecule has 0 aliphatic rings. The molecule has 0 aromatic heterocycles. The van der Waals surface area contributed by atoms with Crippen molar-refractivity contribution in [3.63, 3.8) is 0 Å². The van der Waals surface area contributed by atoms with E-state index in [-0.39, 0.29) is 35.9 Å². The fourth-order valence-electron chi connectivity index (χ4n) is 0. The van der Waals surface area contributed by atoms with Crippen molar-refractivity contribution in [3.05, 3.63) is 0 Å². The van der Waals surface area contributed by atoms with Crippen molar-refractivity contribution in [1.82, 2.24) is 0 Å². The predicted molar refractivity (Wildman–Crippen MR) is 7.97 cm³/mol. The standard InChI is InChI=1S/Li.Mn.HO4Si/c;;1-5(2,3)4/h;;1H/q+1;+2;-3. The quantitative estimate of drug-likeness (QED) is 0.352. The molecule has 4 nitrogen and oxygen atoms in total. The Hall–Kier alpha value is 1.17. The average Bonchev–Trinajstić information content (AvgIpc) is 0.722. The van der Waals surface area contributed by atoms with Crippen LogP contribution in [0.5, 0.6) is 0 Å². The molecule has 0 rings (SSSR count). The molecular formula is HLiMnO4Si. The summed E-state index contributed by atoms with van der Waals surface area (Å²) in [5, 5.41) is 0. The maximum atomic E-state index is 8.69. The van der Waals surface area contributed by atoms with E-state index in [1.807, 2.05) is 0 Å². The van der Waals surface area contributed by atoms with Crippen LogP contribution in [0.2, 0.25) is 0 Å². The van der Waals surface area contributed by atoms with Crippen LogP contribution < -0.4 is 33.2 Å². The van der Waals surface area contributed by atoms with E-state index in [1.54, 1.807) is 0 Å². The zero-order valence-electron chi connectivity index (χ0n) is 3.55. The van der Waals surface area contributed by atoms with Gasteiger partial charge in [0.25, 0.3) is 0 Å². The molecule has 0 fully saturated rings. The third-order valence-electron chi connectivity index (χ3n) is 0. The van der Waals surface area contributed by atoms with Gasteiger partial charge < -0.3 is 19.2 Å². The summed E-state index contributed by atoms with van der Waals surface area (Å²) in [6, 6.07) is 0. The largest absolute Gasteiger partial charge is 2.00 e. The van der Waals surface area contributed by atoms with Gasteiger partial charge in [-0.05, 0) is 0 Å². The molecular weight excluding hydrogens is 154 g/mol. The van der Waals surface area contributed by atoms with Crippen LogP contribution in [-0.2, 0) is 17.1 Å². The predicted octanol–water partition coefficient (Wildman–Crippen LogP) is -7.50. The average molecular weight is 155 g/mol. The molecule has 0 unspecified atom stereocenters. The van der Waals surface area contributed by atoms with Crippen molar-refractivity contribution in [2.24, 2.45) is 0 Å². The van der Waals surface area contributed by atoms with Gasteiger partial charge in [-0.25, -0.2) is 0 Å². The molecule has 7 heteroatoms. The SMILES string of the molecule is [Li+].[Mn+2].[O-][Si]([O-])([O-])O. The molecule has 0 heterocycles.